The summed E-state index contributed by atoms with van der Waals surface area (Å²) in [6, 6.07) is 15.3. The third-order valence-corrected chi connectivity index (χ3v) is 4.14. The van der Waals surface area contributed by atoms with E-state index in [1.54, 1.807) is 0 Å². The van der Waals surface area contributed by atoms with Gasteiger partial charge in [0, 0.05) is 18.4 Å². The van der Waals surface area contributed by atoms with Gasteiger partial charge in [-0.3, -0.25) is 4.79 Å². The SMILES string of the molecule is Cc1ccc(C)c(N2N=C(C(=O)OCC#Cc3ccccc3)CCC2=O)c1. The summed E-state index contributed by atoms with van der Waals surface area (Å²) in [6.45, 7) is 3.83. The summed E-state index contributed by atoms with van der Waals surface area (Å²) < 4.78 is 5.20. The summed E-state index contributed by atoms with van der Waals surface area (Å²) >= 11 is 0. The van der Waals surface area contributed by atoms with E-state index in [0.717, 1.165) is 16.7 Å². The highest BCUT2D eigenvalue weighted by atomic mass is 16.5. The molecule has 27 heavy (non-hydrogen) atoms. The van der Waals surface area contributed by atoms with E-state index in [4.69, 9.17) is 4.74 Å². The number of esters is 1. The molecule has 2 aromatic carbocycles. The number of amides is 1. The molecule has 0 aliphatic carbocycles. The summed E-state index contributed by atoms with van der Waals surface area (Å²) in [7, 11) is 0. The van der Waals surface area contributed by atoms with Gasteiger partial charge < -0.3 is 4.74 Å². The molecule has 136 valence electrons. The Kier molecular flexibility index (Phi) is 5.68. The number of anilines is 1. The van der Waals surface area contributed by atoms with Crippen LogP contribution in [0.2, 0.25) is 0 Å². The lowest BCUT2D eigenvalue weighted by Crippen LogP contribution is -2.35. The quantitative estimate of drug-likeness (QED) is 0.623. The number of hydrogen-bond acceptors (Lipinski definition) is 4. The molecular weight excluding hydrogens is 340 g/mol. The molecule has 0 saturated carbocycles. The molecule has 0 spiro atoms. The first-order valence-electron chi connectivity index (χ1n) is 8.73. The Morgan fingerprint density at radius 3 is 2.70 bits per heavy atom. The lowest BCUT2D eigenvalue weighted by atomic mass is 10.1. The average Bonchev–Trinajstić information content (AvgIpc) is 2.68. The van der Waals surface area contributed by atoms with Crippen molar-refractivity contribution in [1.29, 1.82) is 0 Å². The van der Waals surface area contributed by atoms with Crippen molar-refractivity contribution in [3.63, 3.8) is 0 Å². The summed E-state index contributed by atoms with van der Waals surface area (Å²) in [5, 5.41) is 5.55. The Morgan fingerprint density at radius 1 is 1.15 bits per heavy atom. The first-order chi connectivity index (χ1) is 13.0. The van der Waals surface area contributed by atoms with E-state index in [-0.39, 0.29) is 31.1 Å². The van der Waals surface area contributed by atoms with Crippen LogP contribution in [-0.2, 0) is 14.3 Å². The van der Waals surface area contributed by atoms with Crippen molar-refractivity contribution in [3.05, 3.63) is 65.2 Å². The molecule has 2 aromatic rings. The van der Waals surface area contributed by atoms with Crippen molar-refractivity contribution >= 4 is 23.3 Å². The van der Waals surface area contributed by atoms with Crippen LogP contribution in [0.1, 0.15) is 29.5 Å². The van der Waals surface area contributed by atoms with Gasteiger partial charge in [-0.1, -0.05) is 42.2 Å². The predicted molar refractivity (Wildman–Crippen MR) is 104 cm³/mol. The summed E-state index contributed by atoms with van der Waals surface area (Å²) in [6.07, 6.45) is 0.488. The highest BCUT2D eigenvalue weighted by Gasteiger charge is 2.27. The van der Waals surface area contributed by atoms with Crippen molar-refractivity contribution in [3.8, 4) is 11.8 Å². The maximum Gasteiger partial charge on any atom is 0.355 e. The van der Waals surface area contributed by atoms with Crippen LogP contribution in [0.5, 0.6) is 0 Å². The number of carbonyl (C=O) groups is 2. The van der Waals surface area contributed by atoms with E-state index < -0.39 is 5.97 Å². The van der Waals surface area contributed by atoms with E-state index in [1.165, 1.54) is 5.01 Å². The zero-order valence-electron chi connectivity index (χ0n) is 15.4. The molecule has 1 aliphatic heterocycles. The van der Waals surface area contributed by atoms with Gasteiger partial charge in [-0.25, -0.2) is 4.79 Å². The maximum absolute atomic E-state index is 12.3. The van der Waals surface area contributed by atoms with Gasteiger partial charge in [0.1, 0.15) is 5.71 Å². The molecule has 0 radical (unpaired) electrons. The molecule has 1 heterocycles. The second-order valence-corrected chi connectivity index (χ2v) is 6.29. The van der Waals surface area contributed by atoms with Crippen LogP contribution in [-0.4, -0.2) is 24.2 Å². The molecule has 1 amide bonds. The Labute approximate surface area is 158 Å². The molecule has 5 nitrogen and oxygen atoms in total. The fourth-order valence-electron chi connectivity index (χ4n) is 2.68. The molecule has 3 rings (SSSR count). The molecule has 0 aromatic heterocycles. The molecule has 0 bridgehead atoms. The number of ether oxygens (including phenoxy) is 1. The van der Waals surface area contributed by atoms with Crippen molar-refractivity contribution in [2.24, 2.45) is 5.10 Å². The van der Waals surface area contributed by atoms with Crippen molar-refractivity contribution in [1.82, 2.24) is 0 Å². The van der Waals surface area contributed by atoms with Crippen LogP contribution in [0.15, 0.2) is 53.6 Å². The fraction of sp³-hybridized carbons (Fsp3) is 0.227. The summed E-state index contributed by atoms with van der Waals surface area (Å²) in [4.78, 5) is 24.6. The zero-order valence-corrected chi connectivity index (χ0v) is 15.4. The molecular formula is C22H20N2O3. The van der Waals surface area contributed by atoms with Gasteiger partial charge in [0.15, 0.2) is 6.61 Å². The van der Waals surface area contributed by atoms with Gasteiger partial charge in [-0.15, -0.1) is 0 Å². The molecule has 0 fully saturated rings. The smallest absolute Gasteiger partial charge is 0.355 e. The van der Waals surface area contributed by atoms with Crippen LogP contribution < -0.4 is 5.01 Å². The minimum atomic E-state index is -0.542. The Bertz CT molecular complexity index is 953. The number of aryl methyl sites for hydroxylation is 2. The van der Waals surface area contributed by atoms with Gasteiger partial charge >= 0.3 is 5.97 Å². The Morgan fingerprint density at radius 2 is 1.93 bits per heavy atom. The highest BCUT2D eigenvalue weighted by Crippen LogP contribution is 2.25. The number of nitrogens with zero attached hydrogens (tertiary/aromatic N) is 2. The number of carbonyl (C=O) groups excluding carboxylic acids is 2. The molecule has 0 saturated heterocycles. The number of hydrazone groups is 1. The molecule has 0 atom stereocenters. The Hall–Kier alpha value is -3.39. The third kappa shape index (κ3) is 4.62. The first kappa shape index (κ1) is 18.4. The van der Waals surface area contributed by atoms with E-state index >= 15 is 0 Å². The van der Waals surface area contributed by atoms with Gasteiger partial charge in [0.05, 0.1) is 5.69 Å². The lowest BCUT2D eigenvalue weighted by Gasteiger charge is -2.24. The minimum Gasteiger partial charge on any atom is -0.448 e. The zero-order chi connectivity index (χ0) is 19.2. The minimum absolute atomic E-state index is 0.0236. The average molecular weight is 360 g/mol. The van der Waals surface area contributed by atoms with Crippen LogP contribution >= 0.6 is 0 Å². The molecule has 1 aliphatic rings. The second-order valence-electron chi connectivity index (χ2n) is 6.29. The van der Waals surface area contributed by atoms with Crippen molar-refractivity contribution < 1.29 is 14.3 Å². The molecule has 0 unspecified atom stereocenters. The van der Waals surface area contributed by atoms with Crippen LogP contribution in [0.3, 0.4) is 0 Å². The second kappa shape index (κ2) is 8.33. The molecule has 5 heteroatoms. The summed E-state index contributed by atoms with van der Waals surface area (Å²) in [5.74, 6) is 5.06. The van der Waals surface area contributed by atoms with E-state index in [1.807, 2.05) is 62.4 Å². The third-order valence-electron chi connectivity index (χ3n) is 4.14. The Balaban J connectivity index is 1.70. The highest BCUT2D eigenvalue weighted by molar-refractivity contribution is 6.38. The topological polar surface area (TPSA) is 59.0 Å². The fourth-order valence-corrected chi connectivity index (χ4v) is 2.68. The van der Waals surface area contributed by atoms with Crippen molar-refractivity contribution in [2.45, 2.75) is 26.7 Å². The maximum atomic E-state index is 12.3. The van der Waals surface area contributed by atoms with E-state index in [9.17, 15) is 9.59 Å². The summed E-state index contributed by atoms with van der Waals surface area (Å²) in [5.41, 5.74) is 3.71. The lowest BCUT2D eigenvalue weighted by molar-refractivity contribution is -0.134. The van der Waals surface area contributed by atoms with E-state index in [2.05, 4.69) is 16.9 Å². The van der Waals surface area contributed by atoms with Crippen molar-refractivity contribution in [2.75, 3.05) is 11.6 Å². The van der Waals surface area contributed by atoms with Gasteiger partial charge in [-0.05, 0) is 43.2 Å². The molecule has 0 N–H and O–H groups in total. The predicted octanol–water partition coefficient (Wildman–Crippen LogP) is 3.38. The largest absolute Gasteiger partial charge is 0.448 e. The first-order valence-corrected chi connectivity index (χ1v) is 8.73. The number of hydrogen-bond donors (Lipinski definition) is 0. The standard InChI is InChI=1S/C22H20N2O3/c1-16-10-11-17(2)20(15-16)24-21(25)13-12-19(23-24)22(26)27-14-6-9-18-7-4-3-5-8-18/h3-5,7-8,10-11,15H,12-14H2,1-2H3. The number of rotatable bonds is 3. The van der Waals surface area contributed by atoms with E-state index in [0.29, 0.717) is 5.69 Å². The van der Waals surface area contributed by atoms with Crippen LogP contribution in [0.25, 0.3) is 0 Å². The van der Waals surface area contributed by atoms with Crippen LogP contribution in [0.4, 0.5) is 5.69 Å². The van der Waals surface area contributed by atoms with Gasteiger partial charge in [0.2, 0.25) is 5.91 Å². The van der Waals surface area contributed by atoms with Crippen LogP contribution in [0, 0.1) is 25.7 Å². The number of benzene rings is 2. The normalized spacial score (nSPS) is 13.5. The monoisotopic (exact) mass is 360 g/mol. The van der Waals surface area contributed by atoms with Gasteiger partial charge in [0.25, 0.3) is 0 Å². The van der Waals surface area contributed by atoms with Gasteiger partial charge in [-0.2, -0.15) is 10.1 Å².